The van der Waals surface area contributed by atoms with E-state index in [0.717, 1.165) is 4.88 Å². The molecular weight excluding hydrogens is 262 g/mol. The number of carbonyl (C=O) groups is 2. The van der Waals surface area contributed by atoms with E-state index in [4.69, 9.17) is 5.73 Å². The van der Waals surface area contributed by atoms with Gasteiger partial charge in [0.05, 0.1) is 19.1 Å². The number of thiophene rings is 1. The minimum atomic E-state index is -0.574. The van der Waals surface area contributed by atoms with Gasteiger partial charge in [0.15, 0.2) is 0 Å². The molecule has 3 N–H and O–H groups in total. The first-order valence-corrected chi connectivity index (χ1v) is 7.09. The maximum absolute atomic E-state index is 11.8. The lowest BCUT2D eigenvalue weighted by Crippen LogP contribution is -2.47. The molecule has 1 heterocycles. The molecule has 19 heavy (non-hydrogen) atoms. The van der Waals surface area contributed by atoms with E-state index in [1.54, 1.807) is 23.3 Å². The average molecular weight is 283 g/mol. The number of nitrogens with zero attached hydrogens (tertiary/aromatic N) is 1. The van der Waals surface area contributed by atoms with Crippen molar-refractivity contribution in [3.63, 3.8) is 0 Å². The second-order valence-electron chi connectivity index (χ2n) is 4.82. The van der Waals surface area contributed by atoms with Crippen LogP contribution in [0.15, 0.2) is 17.5 Å². The summed E-state index contributed by atoms with van der Waals surface area (Å²) in [5.41, 5.74) is 5.70. The third-order valence-electron chi connectivity index (χ3n) is 2.83. The van der Waals surface area contributed by atoms with Gasteiger partial charge >= 0.3 is 0 Å². The summed E-state index contributed by atoms with van der Waals surface area (Å²) in [5.74, 6) is -0.357. The van der Waals surface area contributed by atoms with E-state index in [-0.39, 0.29) is 24.3 Å². The van der Waals surface area contributed by atoms with E-state index in [1.807, 2.05) is 31.4 Å². The molecule has 1 atom stereocenters. The number of carbonyl (C=O) groups excluding carboxylic acids is 2. The molecule has 1 aromatic heterocycles. The Morgan fingerprint density at radius 1 is 1.47 bits per heavy atom. The molecule has 0 radical (unpaired) electrons. The van der Waals surface area contributed by atoms with Crippen LogP contribution in [-0.2, 0) is 16.1 Å². The van der Waals surface area contributed by atoms with Crippen molar-refractivity contribution >= 4 is 23.2 Å². The van der Waals surface area contributed by atoms with Gasteiger partial charge in [-0.25, -0.2) is 0 Å². The van der Waals surface area contributed by atoms with Crippen LogP contribution in [0.1, 0.15) is 18.7 Å². The molecule has 0 aliphatic carbocycles. The monoisotopic (exact) mass is 283 g/mol. The van der Waals surface area contributed by atoms with E-state index < -0.39 is 6.04 Å². The van der Waals surface area contributed by atoms with E-state index in [0.29, 0.717) is 6.54 Å². The molecule has 1 aromatic rings. The van der Waals surface area contributed by atoms with Gasteiger partial charge in [0.1, 0.15) is 0 Å². The molecule has 0 saturated carbocycles. The Hall–Kier alpha value is -1.40. The van der Waals surface area contributed by atoms with Crippen LogP contribution >= 0.6 is 11.3 Å². The van der Waals surface area contributed by atoms with Gasteiger partial charge in [-0.3, -0.25) is 9.59 Å². The van der Waals surface area contributed by atoms with Gasteiger partial charge in [-0.15, -0.1) is 11.3 Å². The molecule has 6 heteroatoms. The highest BCUT2D eigenvalue weighted by atomic mass is 32.1. The van der Waals surface area contributed by atoms with Crippen LogP contribution in [0.3, 0.4) is 0 Å². The largest absolute Gasteiger partial charge is 0.346 e. The Morgan fingerprint density at radius 2 is 2.16 bits per heavy atom. The van der Waals surface area contributed by atoms with Gasteiger partial charge in [0, 0.05) is 11.9 Å². The zero-order valence-corrected chi connectivity index (χ0v) is 12.4. The summed E-state index contributed by atoms with van der Waals surface area (Å²) >= 11 is 1.60. The molecule has 0 aliphatic heterocycles. The van der Waals surface area contributed by atoms with E-state index in [2.05, 4.69) is 5.32 Å². The average Bonchev–Trinajstić information content (AvgIpc) is 2.86. The summed E-state index contributed by atoms with van der Waals surface area (Å²) in [7, 11) is 1.72. The van der Waals surface area contributed by atoms with Crippen LogP contribution in [0, 0.1) is 5.92 Å². The number of nitrogens with one attached hydrogen (secondary N) is 1. The molecule has 0 bridgehead atoms. The summed E-state index contributed by atoms with van der Waals surface area (Å²) in [6.45, 7) is 4.29. The third-order valence-corrected chi connectivity index (χ3v) is 3.69. The lowest BCUT2D eigenvalue weighted by molar-refractivity contribution is -0.132. The summed E-state index contributed by atoms with van der Waals surface area (Å²) in [6, 6.07) is 3.35. The van der Waals surface area contributed by atoms with Gasteiger partial charge in [0.25, 0.3) is 0 Å². The predicted molar refractivity (Wildman–Crippen MR) is 76.6 cm³/mol. The Balaban J connectivity index is 2.36. The van der Waals surface area contributed by atoms with Crippen LogP contribution in [0.5, 0.6) is 0 Å². The molecule has 0 spiro atoms. The number of rotatable bonds is 6. The van der Waals surface area contributed by atoms with Crippen LogP contribution in [0.25, 0.3) is 0 Å². The molecule has 5 nitrogen and oxygen atoms in total. The first kappa shape index (κ1) is 15.7. The van der Waals surface area contributed by atoms with Gasteiger partial charge < -0.3 is 16.0 Å². The molecule has 0 saturated heterocycles. The van der Waals surface area contributed by atoms with Crippen molar-refractivity contribution in [2.75, 3.05) is 13.6 Å². The SMILES string of the molecule is CC(C)[C@H](N)C(=O)NCC(=O)N(C)Cc1cccs1. The fourth-order valence-electron chi connectivity index (χ4n) is 1.44. The van der Waals surface area contributed by atoms with Gasteiger partial charge in [-0.1, -0.05) is 19.9 Å². The van der Waals surface area contributed by atoms with Gasteiger partial charge in [-0.2, -0.15) is 0 Å². The molecular formula is C13H21N3O2S. The molecule has 106 valence electrons. The summed E-state index contributed by atoms with van der Waals surface area (Å²) in [5, 5.41) is 4.54. The van der Waals surface area contributed by atoms with E-state index in [9.17, 15) is 9.59 Å². The molecule has 1 rings (SSSR count). The maximum atomic E-state index is 11.8. The Morgan fingerprint density at radius 3 is 2.68 bits per heavy atom. The van der Waals surface area contributed by atoms with E-state index in [1.165, 1.54) is 0 Å². The summed E-state index contributed by atoms with van der Waals surface area (Å²) in [4.78, 5) is 26.2. The summed E-state index contributed by atoms with van der Waals surface area (Å²) in [6.07, 6.45) is 0. The number of hydrogen-bond acceptors (Lipinski definition) is 4. The second kappa shape index (κ2) is 7.25. The normalized spacial score (nSPS) is 12.3. The molecule has 0 aromatic carbocycles. The first-order chi connectivity index (χ1) is 8.91. The highest BCUT2D eigenvalue weighted by Gasteiger charge is 2.18. The topological polar surface area (TPSA) is 75.4 Å². The van der Waals surface area contributed by atoms with Gasteiger partial charge in [-0.05, 0) is 17.4 Å². The van der Waals surface area contributed by atoms with Crippen molar-refractivity contribution in [1.82, 2.24) is 10.2 Å². The van der Waals surface area contributed by atoms with Crippen molar-refractivity contribution in [2.45, 2.75) is 26.4 Å². The van der Waals surface area contributed by atoms with Gasteiger partial charge in [0.2, 0.25) is 11.8 Å². The molecule has 2 amide bonds. The Labute approximate surface area is 117 Å². The first-order valence-electron chi connectivity index (χ1n) is 6.21. The number of likely N-dealkylation sites (N-methyl/N-ethyl adjacent to an activating group) is 1. The number of hydrogen-bond donors (Lipinski definition) is 2. The van der Waals surface area contributed by atoms with Crippen LogP contribution in [0.2, 0.25) is 0 Å². The van der Waals surface area contributed by atoms with Crippen LogP contribution < -0.4 is 11.1 Å². The van der Waals surface area contributed by atoms with Crippen molar-refractivity contribution in [3.05, 3.63) is 22.4 Å². The molecule has 0 fully saturated rings. The summed E-state index contributed by atoms with van der Waals surface area (Å²) < 4.78 is 0. The third kappa shape index (κ3) is 5.00. The zero-order chi connectivity index (χ0) is 14.4. The lowest BCUT2D eigenvalue weighted by Gasteiger charge is -2.19. The Kier molecular flexibility index (Phi) is 5.98. The Bertz CT molecular complexity index is 418. The molecule has 0 unspecified atom stereocenters. The fourth-order valence-corrected chi connectivity index (χ4v) is 2.20. The van der Waals surface area contributed by atoms with Crippen LogP contribution in [-0.4, -0.2) is 36.3 Å². The quantitative estimate of drug-likeness (QED) is 0.811. The highest BCUT2D eigenvalue weighted by molar-refractivity contribution is 7.09. The second-order valence-corrected chi connectivity index (χ2v) is 5.85. The van der Waals surface area contributed by atoms with Crippen molar-refractivity contribution < 1.29 is 9.59 Å². The number of amides is 2. The van der Waals surface area contributed by atoms with Crippen molar-refractivity contribution in [1.29, 1.82) is 0 Å². The highest BCUT2D eigenvalue weighted by Crippen LogP contribution is 2.10. The molecule has 0 aliphatic rings. The van der Waals surface area contributed by atoms with Crippen molar-refractivity contribution in [2.24, 2.45) is 11.7 Å². The maximum Gasteiger partial charge on any atom is 0.242 e. The fraction of sp³-hybridized carbons (Fsp3) is 0.538. The zero-order valence-electron chi connectivity index (χ0n) is 11.6. The van der Waals surface area contributed by atoms with Crippen LogP contribution in [0.4, 0.5) is 0 Å². The number of nitrogens with two attached hydrogens (primary N) is 1. The van der Waals surface area contributed by atoms with E-state index >= 15 is 0 Å². The minimum absolute atomic E-state index is 0.0128. The lowest BCUT2D eigenvalue weighted by atomic mass is 10.1. The standard InChI is InChI=1S/C13H21N3O2S/c1-9(2)12(14)13(18)15-7-11(17)16(3)8-10-5-4-6-19-10/h4-6,9,12H,7-8,14H2,1-3H3,(H,15,18)/t12-/m0/s1. The van der Waals surface area contributed by atoms with Crippen molar-refractivity contribution in [3.8, 4) is 0 Å². The smallest absolute Gasteiger partial charge is 0.242 e. The minimum Gasteiger partial charge on any atom is -0.346 e. The predicted octanol–water partition coefficient (Wildman–Crippen LogP) is 0.806.